The number of aromatic nitrogens is 12. The Morgan fingerprint density at radius 1 is 0.675 bits per heavy atom. The number of carbonyl (C=O) groups is 1. The van der Waals surface area contributed by atoms with Gasteiger partial charge in [0.2, 0.25) is 17.8 Å². The molecule has 4 aromatic carbocycles. The Balaban J connectivity index is 0.000000161. The summed E-state index contributed by atoms with van der Waals surface area (Å²) in [7, 11) is 0.901. The van der Waals surface area contributed by atoms with E-state index in [-0.39, 0.29) is 93.0 Å². The molecular weight excluding hydrogens is 1700 g/mol. The third kappa shape index (κ3) is 22.3. The molecule has 126 heavy (non-hydrogen) atoms. The number of likely N-dealkylation sites (tertiary alicyclic amines) is 1. The molecule has 3 fully saturated rings. The smallest absolute Gasteiger partial charge is 0.263 e. The van der Waals surface area contributed by atoms with Crippen molar-refractivity contribution in [2.45, 2.75) is 122 Å². The van der Waals surface area contributed by atoms with Crippen LogP contribution in [0.1, 0.15) is 116 Å². The zero-order chi connectivity index (χ0) is 88.2. The third-order valence-electron chi connectivity index (χ3n) is 21.8. The molecule has 3 unspecified atom stereocenters. The molecule has 35 heteroatoms. The summed E-state index contributed by atoms with van der Waals surface area (Å²) < 4.78 is 64.8. The summed E-state index contributed by atoms with van der Waals surface area (Å²) in [6, 6.07) is 37.5. The van der Waals surface area contributed by atoms with Crippen LogP contribution in [0.25, 0.3) is 38.8 Å². The molecule has 3 aliphatic rings. The average Bonchev–Trinajstić information content (AvgIpc) is 0.781. The summed E-state index contributed by atoms with van der Waals surface area (Å²) in [5.74, 6) is 2.05. The summed E-state index contributed by atoms with van der Waals surface area (Å²) in [6.07, 6.45) is 16.9. The molecule has 658 valence electrons. The van der Waals surface area contributed by atoms with E-state index in [1.807, 2.05) is 117 Å². The number of nitrogens with zero attached hydrogens (tertiary/aromatic N) is 15. The van der Waals surface area contributed by atoms with Crippen LogP contribution in [0.5, 0.6) is 5.75 Å². The predicted molar refractivity (Wildman–Crippen MR) is 502 cm³/mol. The number of hydrogen-bond acceptors (Lipinski definition) is 28. The Labute approximate surface area is 745 Å². The van der Waals surface area contributed by atoms with Crippen molar-refractivity contribution in [3.8, 4) is 5.75 Å². The number of halogens is 1. The van der Waals surface area contributed by atoms with Gasteiger partial charge in [-0.2, -0.15) is 26.7 Å². The lowest BCUT2D eigenvalue weighted by Gasteiger charge is -2.29. The highest BCUT2D eigenvalue weighted by molar-refractivity contribution is 8.01. The highest BCUT2D eigenvalue weighted by Crippen LogP contribution is 2.35. The topological polar surface area (TPSA) is 361 Å². The summed E-state index contributed by atoms with van der Waals surface area (Å²) >= 11 is 5.14. The third-order valence-corrected chi connectivity index (χ3v) is 27.8. The summed E-state index contributed by atoms with van der Waals surface area (Å²) in [5, 5.41) is 20.5. The Bertz CT molecular complexity index is 6390. The zero-order valence-corrected chi connectivity index (χ0v) is 75.9. The maximum Gasteiger partial charge on any atom is 0.263 e. The van der Waals surface area contributed by atoms with Crippen molar-refractivity contribution in [3.05, 3.63) is 259 Å². The molecule has 13 aromatic rings. The van der Waals surface area contributed by atoms with Crippen molar-refractivity contribution >= 4 is 141 Å². The van der Waals surface area contributed by atoms with Gasteiger partial charge in [0.15, 0.2) is 20.0 Å². The molecule has 29 nitrogen and oxygen atoms in total. The number of thiazole rings is 1. The highest BCUT2D eigenvalue weighted by atomic mass is 32.2. The van der Waals surface area contributed by atoms with E-state index in [1.165, 1.54) is 28.6 Å². The Kier molecular flexibility index (Phi) is 30.5. The maximum absolute atomic E-state index is 15.1. The van der Waals surface area contributed by atoms with Gasteiger partial charge in [0, 0.05) is 210 Å². The Morgan fingerprint density at radius 3 is 1.83 bits per heavy atom. The number of pyridine rings is 5. The lowest BCUT2D eigenvalue weighted by Crippen LogP contribution is -2.43. The van der Waals surface area contributed by atoms with Crippen molar-refractivity contribution in [1.82, 2.24) is 79.0 Å². The molecule has 3 aliphatic heterocycles. The Morgan fingerprint density at radius 2 is 1.25 bits per heavy atom. The number of ketones is 1. The van der Waals surface area contributed by atoms with Gasteiger partial charge in [0.05, 0.1) is 52.1 Å². The molecule has 0 bridgehead atoms. The normalized spacial score (nSPS) is 15.0. The van der Waals surface area contributed by atoms with Gasteiger partial charge in [-0.1, -0.05) is 84.1 Å². The lowest BCUT2D eigenvalue weighted by atomic mass is 9.94. The van der Waals surface area contributed by atoms with Gasteiger partial charge >= 0.3 is 0 Å². The minimum Gasteiger partial charge on any atom is -0.489 e. The zero-order valence-electron chi connectivity index (χ0n) is 71.8. The number of anilines is 7. The molecule has 0 aliphatic carbocycles. The number of hydrogen-bond donors (Lipinski definition) is 5. The molecule has 9 aromatic heterocycles. The summed E-state index contributed by atoms with van der Waals surface area (Å²) in [5.41, 5.74) is 8.18. The van der Waals surface area contributed by atoms with E-state index in [4.69, 9.17) is 14.7 Å². The molecule has 16 rings (SSSR count). The first-order valence-electron chi connectivity index (χ1n) is 41.4. The number of Topliss-reactive ketones (excluding diaryl/α,β-unsaturated/α-hetero) is 1. The minimum absolute atomic E-state index is 0. The van der Waals surface area contributed by atoms with E-state index in [2.05, 4.69) is 106 Å². The fourth-order valence-electron chi connectivity index (χ4n) is 15.0. The number of thioether (sulfide) groups is 1. The number of rotatable bonds is 28. The van der Waals surface area contributed by atoms with Gasteiger partial charge in [0.25, 0.3) is 16.7 Å². The first-order valence-corrected chi connectivity index (χ1v) is 47.3. The molecule has 0 amide bonds. The SMILES string of the molecule is C=C(c1cc2cnc(Nc3ccc(N4CCNCC4)c(F)c3)nc2n(Cc2cnccc2S(=O)C(C)C)c1=O)N(C)C.CC(C)C(=O)c1cc2cnc(Nc3ccc(OC4CCN(C)C4)cc3)nc2n(Cc2ccc(Sc3nccs3)cc2)c1=O.CCC(CC)c1cc2cnc(Nc3ccc(C4CNCCS4)cc3)nc2n(Cc2ccncc2S(C)(=O)=O)c1=O.O. The first kappa shape index (κ1) is 92.1. The van der Waals surface area contributed by atoms with Crippen LogP contribution in [-0.4, -0.2) is 189 Å². The van der Waals surface area contributed by atoms with Crippen LogP contribution in [0.15, 0.2) is 216 Å². The molecule has 7 N–H and O–H groups in total. The number of carbonyl (C=O) groups excluding carboxylic acids is 1. The van der Waals surface area contributed by atoms with E-state index in [9.17, 15) is 31.8 Å². The van der Waals surface area contributed by atoms with Crippen molar-refractivity contribution in [2.75, 3.05) is 106 Å². The van der Waals surface area contributed by atoms with Crippen LogP contribution >= 0.6 is 34.9 Å². The minimum atomic E-state index is -3.54. The van der Waals surface area contributed by atoms with Gasteiger partial charge in [-0.25, -0.2) is 32.7 Å². The van der Waals surface area contributed by atoms with Crippen molar-refractivity contribution in [1.29, 1.82) is 0 Å². The lowest BCUT2D eigenvalue weighted by molar-refractivity contribution is 0.0937. The maximum atomic E-state index is 15.1. The second kappa shape index (κ2) is 41.7. The van der Waals surface area contributed by atoms with Crippen LogP contribution in [0, 0.1) is 11.7 Å². The van der Waals surface area contributed by atoms with E-state index in [0.717, 1.165) is 121 Å². The van der Waals surface area contributed by atoms with Gasteiger partial charge in [-0.05, 0) is 146 Å². The van der Waals surface area contributed by atoms with Gasteiger partial charge in [-0.3, -0.25) is 47.1 Å². The number of piperazine rings is 1. The molecule has 3 atom stereocenters. The monoisotopic (exact) mass is 1800 g/mol. The highest BCUT2D eigenvalue weighted by Gasteiger charge is 2.27. The number of likely N-dealkylation sites (N-methyl/N-ethyl adjacent to an activating group) is 1. The van der Waals surface area contributed by atoms with Crippen LogP contribution in [0.3, 0.4) is 0 Å². The van der Waals surface area contributed by atoms with Crippen molar-refractivity contribution in [2.24, 2.45) is 5.92 Å². The average molecular weight is 1800 g/mol. The first-order chi connectivity index (χ1) is 60.2. The molecule has 12 heterocycles. The second-order valence-corrected chi connectivity index (χ2v) is 39.1. The quantitative estimate of drug-likeness (QED) is 0.0284. The van der Waals surface area contributed by atoms with E-state index in [1.54, 1.807) is 125 Å². The van der Waals surface area contributed by atoms with E-state index in [0.29, 0.717) is 89.1 Å². The van der Waals surface area contributed by atoms with Crippen LogP contribution in [-0.2, 0) is 40.3 Å². The molecule has 0 saturated carbocycles. The molecule has 0 spiro atoms. The van der Waals surface area contributed by atoms with Crippen LogP contribution < -0.4 is 52.9 Å². The van der Waals surface area contributed by atoms with Gasteiger partial charge < -0.3 is 51.5 Å². The number of nitrogens with one attached hydrogen (secondary N) is 5. The molecular formula is C91H103FN20O9S5. The summed E-state index contributed by atoms with van der Waals surface area (Å²) in [6.45, 7) is 23.0. The summed E-state index contributed by atoms with van der Waals surface area (Å²) in [4.78, 5) is 102. The largest absolute Gasteiger partial charge is 0.489 e. The number of ether oxygens (including phenoxy) is 1. The second-order valence-electron chi connectivity index (χ2n) is 31.6. The molecule has 3 saturated heterocycles. The molecule has 0 radical (unpaired) electrons. The standard InChI is InChI=1S/C32H32N6O3S2.C30H35FN8O2S.C29H34N6O3S2.H2O/c1-20(2)28(39)27-16-22-17-34-31(35-23-6-8-24(9-7-23)41-25-12-14-37(3)19-25)36-29(22)38(30(27)40)18-21-4-10-26(11-5-21)43-32-33-13-15-42-32;1-19(2)42(41)27-8-9-33-16-22(27)18-39-28-21(14-24(29(39)40)20(3)37(4)5)17-34-30(36-28)35-23-6-7-26(25(31)15-23)38-12-10-32-11-13-38;1-4-19(5-2)24-14-22-15-32-29(33-23-8-6-20(7-9-23)25-16-31-12-13-39-25)34-27(22)35(28(24)36)18-21-10-11-30-17-26(21)40(3,37)38;/h4-11,13,15-17,20,25H,12,14,18-19H2,1-3H3,(H,34,35,36);6-9,14-17,19,32H,3,10-13,18H2,1-2,4-5H3,(H,34,35,36);6-11,14-15,17,19,25,31H,4-5,12-13,16,18H2,1-3H3,(H,32,33,34);1H2. The number of sulfone groups is 1. The van der Waals surface area contributed by atoms with Gasteiger partial charge in [-0.15, -0.1) is 11.3 Å². The van der Waals surface area contributed by atoms with Gasteiger partial charge in [0.1, 0.15) is 34.6 Å². The Hall–Kier alpha value is -11.5. The number of benzene rings is 4. The van der Waals surface area contributed by atoms with Crippen molar-refractivity contribution < 1.29 is 32.0 Å². The number of fused-ring (bicyclic) bond motifs is 3. The predicted octanol–water partition coefficient (Wildman–Crippen LogP) is 13.5. The van der Waals surface area contributed by atoms with E-state index < -0.39 is 20.6 Å². The van der Waals surface area contributed by atoms with Crippen LogP contribution in [0.4, 0.5) is 45.0 Å². The van der Waals surface area contributed by atoms with Crippen LogP contribution in [0.2, 0.25) is 0 Å². The van der Waals surface area contributed by atoms with E-state index >= 15 is 4.39 Å². The van der Waals surface area contributed by atoms with Crippen molar-refractivity contribution in [3.63, 3.8) is 0 Å². The fourth-order valence-corrected chi connectivity index (χ4v) is 19.6. The fraction of sp³-hybridized carbons (Fsp3) is 0.330.